The molecular formula is C9H19NO. The first-order valence-electron chi connectivity index (χ1n) is 4.62. The summed E-state index contributed by atoms with van der Waals surface area (Å²) in [6.07, 6.45) is 4.63. The average Bonchev–Trinajstić information content (AvgIpc) is 1.95. The third-order valence-electron chi connectivity index (χ3n) is 2.58. The summed E-state index contributed by atoms with van der Waals surface area (Å²) in [5.74, 6) is 0. The minimum Gasteiger partial charge on any atom is -0.392 e. The zero-order valence-corrected chi connectivity index (χ0v) is 7.58. The number of hydrogen-bond donors (Lipinski definition) is 1. The van der Waals surface area contributed by atoms with Crippen LogP contribution in [0.2, 0.25) is 0 Å². The van der Waals surface area contributed by atoms with Crippen molar-refractivity contribution in [1.82, 2.24) is 4.90 Å². The Labute approximate surface area is 69.2 Å². The molecule has 0 amide bonds. The van der Waals surface area contributed by atoms with Gasteiger partial charge in [0.2, 0.25) is 0 Å². The van der Waals surface area contributed by atoms with Gasteiger partial charge in [-0.2, -0.15) is 0 Å². The van der Waals surface area contributed by atoms with Gasteiger partial charge in [-0.05, 0) is 26.3 Å². The molecule has 0 saturated carbocycles. The lowest BCUT2D eigenvalue weighted by molar-refractivity contribution is 0.0481. The summed E-state index contributed by atoms with van der Waals surface area (Å²) < 4.78 is 0. The predicted molar refractivity (Wildman–Crippen MR) is 46.6 cm³/mol. The van der Waals surface area contributed by atoms with Crippen LogP contribution in [0.4, 0.5) is 0 Å². The molecule has 11 heavy (non-hydrogen) atoms. The van der Waals surface area contributed by atoms with Gasteiger partial charge in [0.1, 0.15) is 0 Å². The number of rotatable bonds is 2. The minimum atomic E-state index is -0.0758. The molecule has 2 heteroatoms. The van der Waals surface area contributed by atoms with E-state index < -0.39 is 0 Å². The second kappa shape index (κ2) is 4.07. The van der Waals surface area contributed by atoms with E-state index in [9.17, 15) is 5.11 Å². The van der Waals surface area contributed by atoms with Crippen molar-refractivity contribution >= 4 is 0 Å². The molecule has 0 aromatic heterocycles. The van der Waals surface area contributed by atoms with Gasteiger partial charge in [0, 0.05) is 12.6 Å². The standard InChI is InChI=1S/C9H19NO/c1-3-4-8-5-6-9(11)7-10(8)2/h8-9,11H,3-7H2,1-2H3/t8-,9+/m1/s1. The fourth-order valence-electron chi connectivity index (χ4n) is 1.88. The zero-order chi connectivity index (χ0) is 8.27. The molecule has 0 bridgehead atoms. The molecule has 1 aliphatic heterocycles. The third kappa shape index (κ3) is 2.46. The lowest BCUT2D eigenvalue weighted by Crippen LogP contribution is -2.42. The van der Waals surface area contributed by atoms with Gasteiger partial charge in [0.15, 0.2) is 0 Å². The van der Waals surface area contributed by atoms with Gasteiger partial charge in [0.25, 0.3) is 0 Å². The average molecular weight is 157 g/mol. The summed E-state index contributed by atoms with van der Waals surface area (Å²) in [7, 11) is 2.11. The number of likely N-dealkylation sites (N-methyl/N-ethyl adjacent to an activating group) is 1. The zero-order valence-electron chi connectivity index (χ0n) is 7.58. The van der Waals surface area contributed by atoms with Crippen molar-refractivity contribution in [2.24, 2.45) is 0 Å². The Morgan fingerprint density at radius 1 is 1.45 bits per heavy atom. The highest BCUT2D eigenvalue weighted by molar-refractivity contribution is 4.78. The van der Waals surface area contributed by atoms with Gasteiger partial charge in [-0.25, -0.2) is 0 Å². The molecule has 0 aromatic rings. The lowest BCUT2D eigenvalue weighted by Gasteiger charge is -2.35. The van der Waals surface area contributed by atoms with E-state index >= 15 is 0 Å². The van der Waals surface area contributed by atoms with Crippen LogP contribution < -0.4 is 0 Å². The number of hydrogen-bond acceptors (Lipinski definition) is 2. The molecule has 2 nitrogen and oxygen atoms in total. The molecule has 0 unspecified atom stereocenters. The second-order valence-corrected chi connectivity index (χ2v) is 3.61. The van der Waals surface area contributed by atoms with Crippen molar-refractivity contribution in [3.05, 3.63) is 0 Å². The summed E-state index contributed by atoms with van der Waals surface area (Å²) in [6.45, 7) is 3.09. The van der Waals surface area contributed by atoms with Crippen molar-refractivity contribution in [3.8, 4) is 0 Å². The molecule has 1 fully saturated rings. The summed E-state index contributed by atoms with van der Waals surface area (Å²) in [6, 6.07) is 0.725. The van der Waals surface area contributed by atoms with Gasteiger partial charge in [-0.3, -0.25) is 0 Å². The van der Waals surface area contributed by atoms with Crippen LogP contribution in [-0.4, -0.2) is 35.7 Å². The van der Waals surface area contributed by atoms with Gasteiger partial charge in [-0.15, -0.1) is 0 Å². The highest BCUT2D eigenvalue weighted by Crippen LogP contribution is 2.18. The molecule has 1 saturated heterocycles. The lowest BCUT2D eigenvalue weighted by atomic mass is 9.97. The number of aliphatic hydroxyl groups is 1. The Morgan fingerprint density at radius 2 is 2.18 bits per heavy atom. The Bertz CT molecular complexity index is 116. The molecule has 1 heterocycles. The maximum Gasteiger partial charge on any atom is 0.0667 e. The molecule has 2 atom stereocenters. The van der Waals surface area contributed by atoms with Crippen LogP contribution >= 0.6 is 0 Å². The summed E-state index contributed by atoms with van der Waals surface area (Å²) in [5.41, 5.74) is 0. The van der Waals surface area contributed by atoms with Crippen LogP contribution in [0.15, 0.2) is 0 Å². The minimum absolute atomic E-state index is 0.0758. The second-order valence-electron chi connectivity index (χ2n) is 3.61. The van der Waals surface area contributed by atoms with E-state index in [4.69, 9.17) is 0 Å². The van der Waals surface area contributed by atoms with Gasteiger partial charge in [0.05, 0.1) is 6.10 Å². The molecule has 0 aliphatic carbocycles. The van der Waals surface area contributed by atoms with Crippen LogP contribution in [0.5, 0.6) is 0 Å². The van der Waals surface area contributed by atoms with E-state index in [0.29, 0.717) is 0 Å². The van der Waals surface area contributed by atoms with Crippen LogP contribution in [0.25, 0.3) is 0 Å². The van der Waals surface area contributed by atoms with Crippen LogP contribution in [0.3, 0.4) is 0 Å². The maximum atomic E-state index is 9.32. The Balaban J connectivity index is 2.31. The molecular weight excluding hydrogens is 138 g/mol. The first-order chi connectivity index (χ1) is 5.24. The van der Waals surface area contributed by atoms with Gasteiger partial charge >= 0.3 is 0 Å². The van der Waals surface area contributed by atoms with Gasteiger partial charge < -0.3 is 10.0 Å². The largest absolute Gasteiger partial charge is 0.392 e. The molecule has 0 radical (unpaired) electrons. The molecule has 0 spiro atoms. The van der Waals surface area contributed by atoms with E-state index in [1.807, 2.05) is 0 Å². The van der Waals surface area contributed by atoms with Crippen molar-refractivity contribution < 1.29 is 5.11 Å². The van der Waals surface area contributed by atoms with Crippen LogP contribution in [-0.2, 0) is 0 Å². The van der Waals surface area contributed by atoms with E-state index in [1.54, 1.807) is 0 Å². The monoisotopic (exact) mass is 157 g/mol. The number of β-amino-alcohol motifs (C(OH)–C–C–N with tert-alkyl or cyclic N) is 1. The smallest absolute Gasteiger partial charge is 0.0667 e. The van der Waals surface area contributed by atoms with Crippen molar-refractivity contribution in [2.75, 3.05) is 13.6 Å². The topological polar surface area (TPSA) is 23.5 Å². The number of nitrogens with zero attached hydrogens (tertiary/aromatic N) is 1. The molecule has 1 rings (SSSR count). The van der Waals surface area contributed by atoms with E-state index in [1.165, 1.54) is 19.3 Å². The Hall–Kier alpha value is -0.0800. The van der Waals surface area contributed by atoms with Crippen molar-refractivity contribution in [2.45, 2.75) is 44.8 Å². The summed E-state index contributed by atoms with van der Waals surface area (Å²) in [4.78, 5) is 2.29. The predicted octanol–water partition coefficient (Wildman–Crippen LogP) is 1.24. The molecule has 1 aliphatic rings. The molecule has 66 valence electrons. The van der Waals surface area contributed by atoms with Crippen LogP contribution in [0, 0.1) is 0 Å². The van der Waals surface area contributed by atoms with Crippen molar-refractivity contribution in [3.63, 3.8) is 0 Å². The summed E-state index contributed by atoms with van der Waals surface area (Å²) >= 11 is 0. The normalized spacial score (nSPS) is 34.1. The number of aliphatic hydroxyl groups excluding tert-OH is 1. The maximum absolute atomic E-state index is 9.32. The fourth-order valence-corrected chi connectivity index (χ4v) is 1.88. The highest BCUT2D eigenvalue weighted by Gasteiger charge is 2.22. The van der Waals surface area contributed by atoms with Crippen LogP contribution in [0.1, 0.15) is 32.6 Å². The highest BCUT2D eigenvalue weighted by atomic mass is 16.3. The molecule has 1 N–H and O–H groups in total. The van der Waals surface area contributed by atoms with E-state index in [0.717, 1.165) is 19.0 Å². The SMILES string of the molecule is CCC[C@@H]1CC[C@H](O)CN1C. The number of piperidine rings is 1. The Morgan fingerprint density at radius 3 is 2.73 bits per heavy atom. The number of likely N-dealkylation sites (tertiary alicyclic amines) is 1. The summed E-state index contributed by atoms with van der Waals surface area (Å²) in [5, 5.41) is 9.32. The van der Waals surface area contributed by atoms with Crippen molar-refractivity contribution in [1.29, 1.82) is 0 Å². The first-order valence-corrected chi connectivity index (χ1v) is 4.62. The van der Waals surface area contributed by atoms with Gasteiger partial charge in [-0.1, -0.05) is 13.3 Å². The van der Waals surface area contributed by atoms with E-state index in [-0.39, 0.29) is 6.10 Å². The fraction of sp³-hybridized carbons (Fsp3) is 1.00. The van der Waals surface area contributed by atoms with E-state index in [2.05, 4.69) is 18.9 Å². The third-order valence-corrected chi connectivity index (χ3v) is 2.58. The Kier molecular flexibility index (Phi) is 3.34. The quantitative estimate of drug-likeness (QED) is 0.652. The molecule has 0 aromatic carbocycles. The first kappa shape index (κ1) is 9.01.